The number of hydrogen-bond donors (Lipinski definition) is 1. The number of fused-ring (bicyclic) bond motifs is 3. The highest BCUT2D eigenvalue weighted by atomic mass is 16.5. The molecule has 3 rings (SSSR count). The van der Waals surface area contributed by atoms with Crippen LogP contribution in [0.15, 0.2) is 35.9 Å². The third kappa shape index (κ3) is 2.36. The Balaban J connectivity index is 2.17. The van der Waals surface area contributed by atoms with Crippen LogP contribution >= 0.6 is 0 Å². The van der Waals surface area contributed by atoms with E-state index in [2.05, 4.69) is 31.3 Å². The minimum absolute atomic E-state index is 0.323. The molecule has 1 aromatic rings. The first-order chi connectivity index (χ1) is 11.9. The molecule has 5 nitrogen and oxygen atoms in total. The number of para-hydroxylation sites is 1. The summed E-state index contributed by atoms with van der Waals surface area (Å²) >= 11 is 0. The topological polar surface area (TPSA) is 64.6 Å². The van der Waals surface area contributed by atoms with Crippen LogP contribution in [-0.4, -0.2) is 32.2 Å². The van der Waals surface area contributed by atoms with Gasteiger partial charge in [0.25, 0.3) is 0 Å². The summed E-state index contributed by atoms with van der Waals surface area (Å²) in [6.07, 6.45) is 4.08. The molecule has 0 bridgehead atoms. The normalized spacial score (nSPS) is 25.4. The van der Waals surface area contributed by atoms with Gasteiger partial charge in [-0.15, -0.1) is 0 Å². The second-order valence-electron chi connectivity index (χ2n) is 7.22. The summed E-state index contributed by atoms with van der Waals surface area (Å²) < 4.78 is 10.1. The molecule has 0 spiro atoms. The van der Waals surface area contributed by atoms with Gasteiger partial charge in [0, 0.05) is 11.1 Å². The van der Waals surface area contributed by atoms with Crippen molar-refractivity contribution in [1.82, 2.24) is 0 Å². The van der Waals surface area contributed by atoms with Gasteiger partial charge in [0.05, 0.1) is 20.3 Å². The predicted molar refractivity (Wildman–Crippen MR) is 95.3 cm³/mol. The van der Waals surface area contributed by atoms with Crippen LogP contribution in [0.1, 0.15) is 38.7 Å². The molecule has 1 heterocycles. The number of carbonyl (C=O) groups is 2. The quantitative estimate of drug-likeness (QED) is 0.517. The summed E-state index contributed by atoms with van der Waals surface area (Å²) in [5, 5.41) is 3.45. The van der Waals surface area contributed by atoms with Crippen molar-refractivity contribution in [3.05, 3.63) is 41.5 Å². The zero-order valence-electron chi connectivity index (χ0n) is 15.2. The summed E-state index contributed by atoms with van der Waals surface area (Å²) in [4.78, 5) is 25.5. The van der Waals surface area contributed by atoms with Gasteiger partial charge in [-0.3, -0.25) is 9.59 Å². The summed E-state index contributed by atoms with van der Waals surface area (Å²) in [6, 6.07) is 7.67. The lowest BCUT2D eigenvalue weighted by molar-refractivity contribution is -0.169. The van der Waals surface area contributed by atoms with E-state index in [0.717, 1.165) is 24.1 Å². The zero-order chi connectivity index (χ0) is 18.2. The van der Waals surface area contributed by atoms with Crippen molar-refractivity contribution in [3.8, 4) is 0 Å². The minimum Gasteiger partial charge on any atom is -0.468 e. The van der Waals surface area contributed by atoms with Crippen molar-refractivity contribution in [2.75, 3.05) is 19.5 Å². The number of ether oxygens (including phenoxy) is 2. The molecule has 1 fully saturated rings. The average molecular weight is 343 g/mol. The van der Waals surface area contributed by atoms with E-state index in [0.29, 0.717) is 6.42 Å². The molecule has 134 valence electrons. The molecular formula is C20H25NO4. The van der Waals surface area contributed by atoms with Crippen molar-refractivity contribution in [1.29, 1.82) is 0 Å². The van der Waals surface area contributed by atoms with Crippen LogP contribution in [0.3, 0.4) is 0 Å². The molecule has 2 atom stereocenters. The lowest BCUT2D eigenvalue weighted by Crippen LogP contribution is -2.53. The van der Waals surface area contributed by atoms with E-state index in [9.17, 15) is 9.59 Å². The molecular weight excluding hydrogens is 318 g/mol. The first-order valence-corrected chi connectivity index (χ1v) is 8.58. The third-order valence-corrected chi connectivity index (χ3v) is 5.75. The molecule has 1 aliphatic carbocycles. The van der Waals surface area contributed by atoms with Crippen LogP contribution in [-0.2, 0) is 24.5 Å². The third-order valence-electron chi connectivity index (χ3n) is 5.75. The molecule has 1 N–H and O–H groups in total. The van der Waals surface area contributed by atoms with Crippen LogP contribution < -0.4 is 5.32 Å². The summed E-state index contributed by atoms with van der Waals surface area (Å²) in [5.74, 6) is -1.05. The maximum Gasteiger partial charge on any atom is 0.325 e. The van der Waals surface area contributed by atoms with Gasteiger partial charge in [-0.05, 0) is 44.7 Å². The summed E-state index contributed by atoms with van der Waals surface area (Å²) in [7, 11) is 2.65. The zero-order valence-corrected chi connectivity index (χ0v) is 15.2. The Morgan fingerprint density at radius 2 is 1.80 bits per heavy atom. The molecule has 0 aromatic heterocycles. The van der Waals surface area contributed by atoms with Gasteiger partial charge in [-0.25, -0.2) is 0 Å². The molecule has 2 aliphatic rings. The SMILES string of the molecule is COC(=O)C1(C(=O)OC)CC[C@@]2(CC=C(C)C)c3ccccc3N[C@@H]12. The highest BCUT2D eigenvalue weighted by Crippen LogP contribution is 2.60. The first-order valence-electron chi connectivity index (χ1n) is 8.58. The van der Waals surface area contributed by atoms with Crippen LogP contribution in [0.4, 0.5) is 5.69 Å². The summed E-state index contributed by atoms with van der Waals surface area (Å²) in [6.45, 7) is 4.12. The van der Waals surface area contributed by atoms with E-state index < -0.39 is 17.4 Å². The first kappa shape index (κ1) is 17.5. The van der Waals surface area contributed by atoms with Crippen LogP contribution in [0, 0.1) is 5.41 Å². The maximum absolute atomic E-state index is 12.7. The lowest BCUT2D eigenvalue weighted by atomic mass is 9.70. The lowest BCUT2D eigenvalue weighted by Gasteiger charge is -2.35. The van der Waals surface area contributed by atoms with Crippen molar-refractivity contribution >= 4 is 17.6 Å². The fourth-order valence-electron chi connectivity index (χ4n) is 4.53. The number of rotatable bonds is 4. The van der Waals surface area contributed by atoms with Gasteiger partial charge < -0.3 is 14.8 Å². The smallest absolute Gasteiger partial charge is 0.325 e. The minimum atomic E-state index is -1.32. The van der Waals surface area contributed by atoms with Gasteiger partial charge in [0.2, 0.25) is 0 Å². The van der Waals surface area contributed by atoms with Gasteiger partial charge >= 0.3 is 11.9 Å². The number of nitrogens with one attached hydrogen (secondary N) is 1. The van der Waals surface area contributed by atoms with E-state index in [1.54, 1.807) is 0 Å². The number of benzene rings is 1. The Morgan fingerprint density at radius 3 is 2.40 bits per heavy atom. The number of carbonyl (C=O) groups excluding carboxylic acids is 2. The van der Waals surface area contributed by atoms with Gasteiger partial charge in [0.15, 0.2) is 5.41 Å². The Hall–Kier alpha value is -2.30. The fourth-order valence-corrected chi connectivity index (χ4v) is 4.53. The van der Waals surface area contributed by atoms with Crippen LogP contribution in [0.25, 0.3) is 0 Å². The van der Waals surface area contributed by atoms with Crippen molar-refractivity contribution in [2.24, 2.45) is 5.41 Å². The van der Waals surface area contributed by atoms with E-state index in [4.69, 9.17) is 9.47 Å². The van der Waals surface area contributed by atoms with Crippen LogP contribution in [0.5, 0.6) is 0 Å². The van der Waals surface area contributed by atoms with Crippen molar-refractivity contribution < 1.29 is 19.1 Å². The largest absolute Gasteiger partial charge is 0.468 e. The monoisotopic (exact) mass is 343 g/mol. The molecule has 1 aromatic carbocycles. The van der Waals surface area contributed by atoms with E-state index in [1.165, 1.54) is 19.8 Å². The Kier molecular flexibility index (Phi) is 4.35. The second-order valence-corrected chi connectivity index (χ2v) is 7.22. The molecule has 25 heavy (non-hydrogen) atoms. The van der Waals surface area contributed by atoms with Crippen LogP contribution in [0.2, 0.25) is 0 Å². The number of methoxy groups -OCH3 is 2. The molecule has 0 unspecified atom stereocenters. The Labute approximate surface area is 148 Å². The number of hydrogen-bond acceptors (Lipinski definition) is 5. The van der Waals surface area contributed by atoms with E-state index in [1.807, 2.05) is 18.2 Å². The molecule has 0 radical (unpaired) electrons. The predicted octanol–water partition coefficient (Wildman–Crippen LogP) is 3.20. The number of anilines is 1. The van der Waals surface area contributed by atoms with Crippen molar-refractivity contribution in [3.63, 3.8) is 0 Å². The molecule has 1 aliphatic heterocycles. The molecule has 1 saturated carbocycles. The average Bonchev–Trinajstić information content (AvgIpc) is 3.11. The second kappa shape index (κ2) is 6.21. The fraction of sp³-hybridized carbons (Fsp3) is 0.500. The highest BCUT2D eigenvalue weighted by molar-refractivity contribution is 6.03. The van der Waals surface area contributed by atoms with Gasteiger partial charge in [-0.1, -0.05) is 29.8 Å². The number of esters is 2. The summed E-state index contributed by atoms with van der Waals surface area (Å²) in [5.41, 5.74) is 1.71. The van der Waals surface area contributed by atoms with Gasteiger partial charge in [-0.2, -0.15) is 0 Å². The van der Waals surface area contributed by atoms with E-state index >= 15 is 0 Å². The van der Waals surface area contributed by atoms with Crippen molar-refractivity contribution in [2.45, 2.75) is 44.6 Å². The molecule has 0 amide bonds. The van der Waals surface area contributed by atoms with Gasteiger partial charge in [0.1, 0.15) is 0 Å². The molecule has 0 saturated heterocycles. The number of allylic oxidation sites excluding steroid dienone is 2. The molecule has 5 heteroatoms. The van der Waals surface area contributed by atoms with E-state index in [-0.39, 0.29) is 11.5 Å². The standard InChI is InChI=1S/C20H25NO4/c1-13(2)9-10-19-11-12-20(17(22)24-3,18(23)25-4)16(19)21-15-8-6-5-7-14(15)19/h5-9,16,21H,10-12H2,1-4H3/t16-,19+/m1/s1. The Bertz CT molecular complexity index is 719. The highest BCUT2D eigenvalue weighted by Gasteiger charge is 2.68. The maximum atomic E-state index is 12.7. The Morgan fingerprint density at radius 1 is 1.16 bits per heavy atom.